The van der Waals surface area contributed by atoms with Gasteiger partial charge in [0.05, 0.1) is 5.56 Å². The normalized spacial score (nSPS) is 15.1. The molecule has 1 atom stereocenters. The number of hydrogen-bond acceptors (Lipinski definition) is 3. The van der Waals surface area contributed by atoms with E-state index in [1.54, 1.807) is 0 Å². The van der Waals surface area contributed by atoms with Gasteiger partial charge in [0.1, 0.15) is 10.8 Å². The zero-order valence-corrected chi connectivity index (χ0v) is 12.9. The van der Waals surface area contributed by atoms with E-state index in [1.165, 1.54) is 24.1 Å². The standard InChI is InChI=1S/C15H23N3S/c1-4-6-10(2)18(3)15-12(14(16)19)9-11-7-5-8-13(11)17-15/h9-10H,4-8H2,1-3H3,(H2,16,19). The van der Waals surface area contributed by atoms with Crippen LogP contribution in [0.15, 0.2) is 6.07 Å². The lowest BCUT2D eigenvalue weighted by atomic mass is 10.1. The molecule has 19 heavy (non-hydrogen) atoms. The number of nitrogens with zero attached hydrogens (tertiary/aromatic N) is 2. The van der Waals surface area contributed by atoms with Crippen molar-refractivity contribution in [2.75, 3.05) is 11.9 Å². The van der Waals surface area contributed by atoms with Crippen molar-refractivity contribution < 1.29 is 0 Å². The van der Waals surface area contributed by atoms with Gasteiger partial charge in [-0.05, 0) is 44.2 Å². The molecule has 2 N–H and O–H groups in total. The molecule has 0 aliphatic heterocycles. The highest BCUT2D eigenvalue weighted by molar-refractivity contribution is 7.80. The number of nitrogens with two attached hydrogens (primary N) is 1. The number of rotatable bonds is 5. The molecule has 0 fully saturated rings. The topological polar surface area (TPSA) is 42.2 Å². The molecule has 4 heteroatoms. The van der Waals surface area contributed by atoms with Crippen molar-refractivity contribution in [3.63, 3.8) is 0 Å². The smallest absolute Gasteiger partial charge is 0.139 e. The van der Waals surface area contributed by atoms with Gasteiger partial charge in [-0.2, -0.15) is 0 Å². The van der Waals surface area contributed by atoms with Crippen molar-refractivity contribution in [1.82, 2.24) is 4.98 Å². The van der Waals surface area contributed by atoms with E-state index >= 15 is 0 Å². The molecule has 0 spiro atoms. The summed E-state index contributed by atoms with van der Waals surface area (Å²) < 4.78 is 0. The number of aryl methyl sites for hydroxylation is 2. The van der Waals surface area contributed by atoms with Crippen molar-refractivity contribution in [3.8, 4) is 0 Å². The third-order valence-electron chi connectivity index (χ3n) is 4.00. The molecule has 0 saturated carbocycles. The van der Waals surface area contributed by atoms with Crippen LogP contribution >= 0.6 is 12.2 Å². The van der Waals surface area contributed by atoms with Crippen molar-refractivity contribution in [2.45, 2.75) is 52.0 Å². The number of fused-ring (bicyclic) bond motifs is 1. The summed E-state index contributed by atoms with van der Waals surface area (Å²) in [5.41, 5.74) is 9.37. The molecule has 0 aromatic carbocycles. The Balaban J connectivity index is 2.40. The molecule has 1 aromatic rings. The minimum atomic E-state index is 0.449. The summed E-state index contributed by atoms with van der Waals surface area (Å²) in [4.78, 5) is 7.51. The highest BCUT2D eigenvalue weighted by Gasteiger charge is 2.21. The molecule has 0 amide bonds. The summed E-state index contributed by atoms with van der Waals surface area (Å²) in [6.07, 6.45) is 5.68. The first-order chi connectivity index (χ1) is 9.04. The quantitative estimate of drug-likeness (QED) is 0.840. The molecule has 1 heterocycles. The molecular formula is C15H23N3S. The van der Waals surface area contributed by atoms with E-state index in [4.69, 9.17) is 22.9 Å². The maximum Gasteiger partial charge on any atom is 0.139 e. The van der Waals surface area contributed by atoms with Crippen LogP contribution in [-0.2, 0) is 12.8 Å². The molecule has 0 radical (unpaired) electrons. The zero-order chi connectivity index (χ0) is 14.0. The summed E-state index contributed by atoms with van der Waals surface area (Å²) in [5, 5.41) is 0. The molecule has 1 aliphatic rings. The first-order valence-electron chi connectivity index (χ1n) is 7.10. The Labute approximate surface area is 121 Å². The Kier molecular flexibility index (Phi) is 4.40. The van der Waals surface area contributed by atoms with Crippen LogP contribution in [0, 0.1) is 0 Å². The van der Waals surface area contributed by atoms with Crippen LogP contribution in [-0.4, -0.2) is 23.1 Å². The van der Waals surface area contributed by atoms with E-state index in [0.29, 0.717) is 11.0 Å². The van der Waals surface area contributed by atoms with Gasteiger partial charge in [-0.15, -0.1) is 0 Å². The Morgan fingerprint density at radius 1 is 1.53 bits per heavy atom. The van der Waals surface area contributed by atoms with Crippen molar-refractivity contribution in [3.05, 3.63) is 22.9 Å². The van der Waals surface area contributed by atoms with Gasteiger partial charge in [0.15, 0.2) is 0 Å². The highest BCUT2D eigenvalue weighted by Crippen LogP contribution is 2.28. The molecule has 1 aliphatic carbocycles. The third kappa shape index (κ3) is 2.89. The number of anilines is 1. The van der Waals surface area contributed by atoms with Gasteiger partial charge in [-0.1, -0.05) is 25.6 Å². The molecule has 1 unspecified atom stereocenters. The maximum atomic E-state index is 5.89. The van der Waals surface area contributed by atoms with Gasteiger partial charge in [0.25, 0.3) is 0 Å². The molecule has 1 aromatic heterocycles. The fraction of sp³-hybridized carbons (Fsp3) is 0.600. The highest BCUT2D eigenvalue weighted by atomic mass is 32.1. The fourth-order valence-electron chi connectivity index (χ4n) is 2.73. The Bertz CT molecular complexity index is 485. The monoisotopic (exact) mass is 277 g/mol. The fourth-order valence-corrected chi connectivity index (χ4v) is 2.88. The van der Waals surface area contributed by atoms with Gasteiger partial charge in [-0.3, -0.25) is 0 Å². The minimum absolute atomic E-state index is 0.449. The first kappa shape index (κ1) is 14.3. The SMILES string of the molecule is CCCC(C)N(C)c1nc2c(cc1C(N)=S)CCC2. The zero-order valence-electron chi connectivity index (χ0n) is 12.1. The van der Waals surface area contributed by atoms with Crippen LogP contribution in [0.5, 0.6) is 0 Å². The molecule has 104 valence electrons. The number of aromatic nitrogens is 1. The van der Waals surface area contributed by atoms with E-state index in [-0.39, 0.29) is 0 Å². The van der Waals surface area contributed by atoms with Gasteiger partial charge < -0.3 is 10.6 Å². The first-order valence-corrected chi connectivity index (χ1v) is 7.50. The van der Waals surface area contributed by atoms with E-state index in [2.05, 4.69) is 31.9 Å². The second-order valence-electron chi connectivity index (χ2n) is 5.43. The van der Waals surface area contributed by atoms with E-state index in [1.807, 2.05) is 0 Å². The predicted molar refractivity (Wildman–Crippen MR) is 84.9 cm³/mol. The molecule has 0 bridgehead atoms. The average molecular weight is 277 g/mol. The van der Waals surface area contributed by atoms with Crippen LogP contribution in [0.4, 0.5) is 5.82 Å². The summed E-state index contributed by atoms with van der Waals surface area (Å²) in [6, 6.07) is 2.60. The Morgan fingerprint density at radius 3 is 2.89 bits per heavy atom. The van der Waals surface area contributed by atoms with Gasteiger partial charge in [0, 0.05) is 18.8 Å². The van der Waals surface area contributed by atoms with E-state index < -0.39 is 0 Å². The summed E-state index contributed by atoms with van der Waals surface area (Å²) >= 11 is 5.20. The Hall–Kier alpha value is -1.16. The lowest BCUT2D eigenvalue weighted by Gasteiger charge is -2.28. The van der Waals surface area contributed by atoms with Crippen LogP contribution < -0.4 is 10.6 Å². The third-order valence-corrected chi connectivity index (χ3v) is 4.22. The van der Waals surface area contributed by atoms with Crippen molar-refractivity contribution in [1.29, 1.82) is 0 Å². The number of thiocarbonyl (C=S) groups is 1. The van der Waals surface area contributed by atoms with Crippen molar-refractivity contribution >= 4 is 23.0 Å². The predicted octanol–water partition coefficient (Wildman–Crippen LogP) is 2.83. The average Bonchev–Trinajstić information content (AvgIpc) is 2.83. The number of pyridine rings is 1. The lowest BCUT2D eigenvalue weighted by molar-refractivity contribution is 0.610. The van der Waals surface area contributed by atoms with Crippen LogP contribution in [0.1, 0.15) is 49.9 Å². The maximum absolute atomic E-state index is 5.89. The summed E-state index contributed by atoms with van der Waals surface area (Å²) in [6.45, 7) is 4.43. The van der Waals surface area contributed by atoms with E-state index in [0.717, 1.165) is 30.6 Å². The van der Waals surface area contributed by atoms with Crippen LogP contribution in [0.2, 0.25) is 0 Å². The Morgan fingerprint density at radius 2 is 2.26 bits per heavy atom. The lowest BCUT2D eigenvalue weighted by Crippen LogP contribution is -2.32. The van der Waals surface area contributed by atoms with Crippen LogP contribution in [0.3, 0.4) is 0 Å². The van der Waals surface area contributed by atoms with Gasteiger partial charge >= 0.3 is 0 Å². The van der Waals surface area contributed by atoms with E-state index in [9.17, 15) is 0 Å². The van der Waals surface area contributed by atoms with Crippen LogP contribution in [0.25, 0.3) is 0 Å². The molecular weight excluding hydrogens is 254 g/mol. The summed E-state index contributed by atoms with van der Waals surface area (Å²) in [7, 11) is 2.09. The second kappa shape index (κ2) is 5.87. The second-order valence-corrected chi connectivity index (χ2v) is 5.87. The summed E-state index contributed by atoms with van der Waals surface area (Å²) in [5.74, 6) is 0.953. The van der Waals surface area contributed by atoms with Gasteiger partial charge in [0.2, 0.25) is 0 Å². The largest absolute Gasteiger partial charge is 0.389 e. The molecule has 2 rings (SSSR count). The minimum Gasteiger partial charge on any atom is -0.389 e. The van der Waals surface area contributed by atoms with Crippen molar-refractivity contribution in [2.24, 2.45) is 5.73 Å². The molecule has 0 saturated heterocycles. The van der Waals surface area contributed by atoms with Gasteiger partial charge in [-0.25, -0.2) is 4.98 Å². The molecule has 3 nitrogen and oxygen atoms in total. The number of hydrogen-bond donors (Lipinski definition) is 1.